The van der Waals surface area contributed by atoms with Crippen LogP contribution in [0.1, 0.15) is 6.92 Å². The van der Waals surface area contributed by atoms with Crippen LogP contribution in [-0.4, -0.2) is 53.8 Å². The van der Waals surface area contributed by atoms with Crippen LogP contribution in [0.15, 0.2) is 57.5 Å². The summed E-state index contributed by atoms with van der Waals surface area (Å²) in [5.74, 6) is 1.06. The van der Waals surface area contributed by atoms with Gasteiger partial charge in [-0.3, -0.25) is 0 Å². The molecule has 8 heteroatoms. The van der Waals surface area contributed by atoms with Crippen molar-refractivity contribution in [2.24, 2.45) is 0 Å². The highest BCUT2D eigenvalue weighted by atomic mass is 79.9. The molecule has 1 saturated heterocycles. The van der Waals surface area contributed by atoms with Crippen molar-refractivity contribution in [2.45, 2.75) is 6.92 Å². The third-order valence-electron chi connectivity index (χ3n) is 4.88. The van der Waals surface area contributed by atoms with Gasteiger partial charge < -0.3 is 19.6 Å². The summed E-state index contributed by atoms with van der Waals surface area (Å²) in [6.45, 7) is 5.64. The zero-order chi connectivity index (χ0) is 20.2. The van der Waals surface area contributed by atoms with Crippen LogP contribution in [0.2, 0.25) is 0 Å². The first-order valence-corrected chi connectivity index (χ1v) is 10.4. The van der Waals surface area contributed by atoms with E-state index in [1.165, 1.54) is 0 Å². The van der Waals surface area contributed by atoms with E-state index >= 15 is 0 Å². The van der Waals surface area contributed by atoms with Gasteiger partial charge in [0.25, 0.3) is 5.89 Å². The molecule has 1 N–H and O–H groups in total. The number of anilines is 1. The second-order valence-electron chi connectivity index (χ2n) is 6.79. The fraction of sp³-hybridized carbons (Fsp3) is 0.286. The van der Waals surface area contributed by atoms with Gasteiger partial charge in [-0.15, -0.1) is 0 Å². The Balaban J connectivity index is 1.42. The van der Waals surface area contributed by atoms with Gasteiger partial charge in [0.2, 0.25) is 5.82 Å². The number of rotatable bonds is 4. The molecule has 2 heterocycles. The van der Waals surface area contributed by atoms with E-state index in [0.717, 1.165) is 34.4 Å². The largest absolute Gasteiger partial charge is 0.368 e. The summed E-state index contributed by atoms with van der Waals surface area (Å²) in [6.07, 6.45) is 0. The van der Waals surface area contributed by atoms with Crippen molar-refractivity contribution in [3.63, 3.8) is 0 Å². The fourth-order valence-corrected chi connectivity index (χ4v) is 3.73. The third-order valence-corrected chi connectivity index (χ3v) is 5.38. The van der Waals surface area contributed by atoms with Gasteiger partial charge in [0.1, 0.15) is 0 Å². The standard InChI is InChI=1S/C21H22BrN5O2/c1-2-23-21(28)27-12-10-26(11-13-27)18-8-6-15(7-9-18)19-24-20(29-25-19)16-4-3-5-17(22)14-16/h3-9,14H,2,10-13H2,1H3,(H,23,28). The maximum atomic E-state index is 11.9. The van der Waals surface area contributed by atoms with Crippen LogP contribution in [0, 0.1) is 0 Å². The van der Waals surface area contributed by atoms with E-state index in [0.29, 0.717) is 31.3 Å². The van der Waals surface area contributed by atoms with E-state index in [4.69, 9.17) is 4.52 Å². The normalized spacial score (nSPS) is 14.1. The number of hydrogen-bond acceptors (Lipinski definition) is 5. The predicted octanol–water partition coefficient (Wildman–Crippen LogP) is 4.02. The molecule has 1 aromatic heterocycles. The minimum absolute atomic E-state index is 0.0147. The Bertz CT molecular complexity index is 981. The molecule has 0 saturated carbocycles. The van der Waals surface area contributed by atoms with Gasteiger partial charge in [-0.1, -0.05) is 27.2 Å². The van der Waals surface area contributed by atoms with Gasteiger partial charge in [0.05, 0.1) is 0 Å². The Morgan fingerprint density at radius 1 is 1.10 bits per heavy atom. The van der Waals surface area contributed by atoms with Crippen LogP contribution in [-0.2, 0) is 0 Å². The first kappa shape index (κ1) is 19.4. The number of benzene rings is 2. The van der Waals surface area contributed by atoms with Crippen molar-refractivity contribution >= 4 is 27.6 Å². The highest BCUT2D eigenvalue weighted by Crippen LogP contribution is 2.26. The SMILES string of the molecule is CCNC(=O)N1CCN(c2ccc(-c3noc(-c4cccc(Br)c4)n3)cc2)CC1. The average molecular weight is 456 g/mol. The van der Waals surface area contributed by atoms with Crippen LogP contribution in [0.3, 0.4) is 0 Å². The Hall–Kier alpha value is -2.87. The van der Waals surface area contributed by atoms with Gasteiger partial charge in [-0.25, -0.2) is 4.79 Å². The van der Waals surface area contributed by atoms with Gasteiger partial charge in [0, 0.05) is 54.0 Å². The zero-order valence-electron chi connectivity index (χ0n) is 16.1. The van der Waals surface area contributed by atoms with E-state index in [-0.39, 0.29) is 6.03 Å². The number of aromatic nitrogens is 2. The first-order chi connectivity index (χ1) is 14.1. The molecule has 1 aliphatic heterocycles. The molecule has 2 aromatic carbocycles. The maximum absolute atomic E-state index is 11.9. The minimum atomic E-state index is 0.0147. The number of carbonyl (C=O) groups excluding carboxylic acids is 1. The Morgan fingerprint density at radius 2 is 1.86 bits per heavy atom. The van der Waals surface area contributed by atoms with E-state index in [1.54, 1.807) is 0 Å². The van der Waals surface area contributed by atoms with Crippen molar-refractivity contribution in [3.8, 4) is 22.8 Å². The highest BCUT2D eigenvalue weighted by Gasteiger charge is 2.21. The summed E-state index contributed by atoms with van der Waals surface area (Å²) in [5, 5.41) is 6.97. The smallest absolute Gasteiger partial charge is 0.317 e. The number of piperazine rings is 1. The van der Waals surface area contributed by atoms with E-state index in [1.807, 2.05) is 48.2 Å². The van der Waals surface area contributed by atoms with E-state index < -0.39 is 0 Å². The molecule has 150 valence electrons. The molecule has 7 nitrogen and oxygen atoms in total. The van der Waals surface area contributed by atoms with Gasteiger partial charge in [0.15, 0.2) is 0 Å². The molecule has 3 aromatic rings. The van der Waals surface area contributed by atoms with E-state index in [9.17, 15) is 4.79 Å². The number of amides is 2. The summed E-state index contributed by atoms with van der Waals surface area (Å²) >= 11 is 3.46. The van der Waals surface area contributed by atoms with Gasteiger partial charge in [-0.05, 0) is 49.4 Å². The molecule has 0 unspecified atom stereocenters. The number of halogens is 1. The van der Waals surface area contributed by atoms with E-state index in [2.05, 4.69) is 48.4 Å². The topological polar surface area (TPSA) is 74.5 Å². The monoisotopic (exact) mass is 455 g/mol. The number of hydrogen-bond donors (Lipinski definition) is 1. The van der Waals surface area contributed by atoms with Gasteiger partial charge in [-0.2, -0.15) is 4.98 Å². The predicted molar refractivity (Wildman–Crippen MR) is 116 cm³/mol. The highest BCUT2D eigenvalue weighted by molar-refractivity contribution is 9.10. The average Bonchev–Trinajstić information content (AvgIpc) is 3.25. The van der Waals surface area contributed by atoms with Crippen LogP contribution >= 0.6 is 15.9 Å². The van der Waals surface area contributed by atoms with Crippen LogP contribution in [0.4, 0.5) is 10.5 Å². The number of nitrogens with one attached hydrogen (secondary N) is 1. The lowest BCUT2D eigenvalue weighted by molar-refractivity contribution is 0.195. The molecule has 1 fully saturated rings. The maximum Gasteiger partial charge on any atom is 0.317 e. The summed E-state index contributed by atoms with van der Waals surface area (Å²) in [6, 6.07) is 15.9. The molecule has 29 heavy (non-hydrogen) atoms. The summed E-state index contributed by atoms with van der Waals surface area (Å²) in [4.78, 5) is 20.6. The first-order valence-electron chi connectivity index (χ1n) is 9.62. The lowest BCUT2D eigenvalue weighted by atomic mass is 10.1. The Kier molecular flexibility index (Phi) is 5.80. The Morgan fingerprint density at radius 3 is 2.55 bits per heavy atom. The van der Waals surface area contributed by atoms with Crippen LogP contribution < -0.4 is 10.2 Å². The summed E-state index contributed by atoms with van der Waals surface area (Å²) in [7, 11) is 0. The molecule has 0 atom stereocenters. The minimum Gasteiger partial charge on any atom is -0.368 e. The zero-order valence-corrected chi connectivity index (χ0v) is 17.7. The lowest BCUT2D eigenvalue weighted by Crippen LogP contribution is -2.51. The Labute approximate surface area is 177 Å². The quantitative estimate of drug-likeness (QED) is 0.642. The number of urea groups is 1. The van der Waals surface area contributed by atoms with Crippen molar-refractivity contribution in [3.05, 3.63) is 53.0 Å². The molecule has 0 aliphatic carbocycles. The van der Waals surface area contributed by atoms with Crippen molar-refractivity contribution in [1.82, 2.24) is 20.4 Å². The molecule has 0 spiro atoms. The van der Waals surface area contributed by atoms with Crippen molar-refractivity contribution < 1.29 is 9.32 Å². The molecule has 0 radical (unpaired) electrons. The lowest BCUT2D eigenvalue weighted by Gasteiger charge is -2.36. The summed E-state index contributed by atoms with van der Waals surface area (Å²) < 4.78 is 6.39. The molecular formula is C21H22BrN5O2. The fourth-order valence-electron chi connectivity index (χ4n) is 3.33. The molecule has 0 bridgehead atoms. The van der Waals surface area contributed by atoms with Crippen molar-refractivity contribution in [2.75, 3.05) is 37.6 Å². The van der Waals surface area contributed by atoms with Gasteiger partial charge >= 0.3 is 6.03 Å². The molecule has 1 aliphatic rings. The number of carbonyl (C=O) groups is 1. The van der Waals surface area contributed by atoms with Crippen LogP contribution in [0.25, 0.3) is 22.8 Å². The van der Waals surface area contributed by atoms with Crippen LogP contribution in [0.5, 0.6) is 0 Å². The second kappa shape index (κ2) is 8.65. The number of nitrogens with zero attached hydrogens (tertiary/aromatic N) is 4. The molecule has 4 rings (SSSR count). The molecular weight excluding hydrogens is 434 g/mol. The molecule has 2 amide bonds. The second-order valence-corrected chi connectivity index (χ2v) is 7.71. The summed E-state index contributed by atoms with van der Waals surface area (Å²) in [5.41, 5.74) is 2.90. The van der Waals surface area contributed by atoms with Crippen molar-refractivity contribution in [1.29, 1.82) is 0 Å². The third kappa shape index (κ3) is 4.42.